The van der Waals surface area contributed by atoms with E-state index in [2.05, 4.69) is 16.8 Å². The maximum atomic E-state index is 10.5. The van der Waals surface area contributed by atoms with E-state index in [0.717, 1.165) is 0 Å². The van der Waals surface area contributed by atoms with E-state index in [1.165, 1.54) is 6.20 Å². The van der Waals surface area contributed by atoms with Gasteiger partial charge in [-0.1, -0.05) is 11.7 Å². The normalized spacial score (nSPS) is 9.92. The van der Waals surface area contributed by atoms with Crippen molar-refractivity contribution < 1.29 is 4.92 Å². The van der Waals surface area contributed by atoms with Crippen LogP contribution in [0.4, 0.5) is 5.82 Å². The molecule has 1 heterocycles. The Balaban J connectivity index is 2.93. The highest BCUT2D eigenvalue weighted by Gasteiger charge is 2.16. The van der Waals surface area contributed by atoms with E-state index in [0.29, 0.717) is 24.1 Å². The molecule has 6 heteroatoms. The van der Waals surface area contributed by atoms with Crippen molar-refractivity contribution >= 4 is 11.4 Å². The number of hydrogen-bond acceptors (Lipinski definition) is 4. The van der Waals surface area contributed by atoms with Crippen molar-refractivity contribution in [3.05, 3.63) is 28.5 Å². The second kappa shape index (κ2) is 3.81. The van der Waals surface area contributed by atoms with Crippen LogP contribution in [0.25, 0.3) is 5.57 Å². The summed E-state index contributed by atoms with van der Waals surface area (Å²) in [5.74, 6) is -0.126. The number of nitrogens with one attached hydrogen (secondary N) is 1. The van der Waals surface area contributed by atoms with Crippen LogP contribution in [0, 0.1) is 10.1 Å². The zero-order valence-electron chi connectivity index (χ0n) is 6.99. The van der Waals surface area contributed by atoms with Gasteiger partial charge in [0.15, 0.2) is 0 Å². The Morgan fingerprint density at radius 1 is 1.85 bits per heavy atom. The SMILES string of the molecule is C=C(CCN)c1cn[nH]c1[N+](=O)[O-]. The van der Waals surface area contributed by atoms with E-state index < -0.39 is 4.92 Å². The fourth-order valence-electron chi connectivity index (χ4n) is 0.986. The third-order valence-corrected chi connectivity index (χ3v) is 1.63. The van der Waals surface area contributed by atoms with Crippen LogP contribution in [0.1, 0.15) is 12.0 Å². The predicted octanol–water partition coefficient (Wildman–Crippen LogP) is 0.680. The first kappa shape index (κ1) is 9.40. The number of nitro groups is 1. The Kier molecular flexibility index (Phi) is 2.76. The van der Waals surface area contributed by atoms with Gasteiger partial charge < -0.3 is 15.8 Å². The average Bonchev–Trinajstić information content (AvgIpc) is 2.52. The minimum absolute atomic E-state index is 0.126. The molecule has 0 saturated carbocycles. The zero-order valence-corrected chi connectivity index (χ0v) is 6.99. The van der Waals surface area contributed by atoms with Crippen molar-refractivity contribution in [1.82, 2.24) is 10.2 Å². The predicted molar refractivity (Wildman–Crippen MR) is 47.9 cm³/mol. The minimum atomic E-state index is -0.524. The van der Waals surface area contributed by atoms with Crippen molar-refractivity contribution in [2.75, 3.05) is 6.54 Å². The lowest BCUT2D eigenvalue weighted by atomic mass is 10.1. The number of rotatable bonds is 4. The highest BCUT2D eigenvalue weighted by Crippen LogP contribution is 2.23. The quantitative estimate of drug-likeness (QED) is 0.528. The second-order valence-corrected chi connectivity index (χ2v) is 2.53. The Morgan fingerprint density at radius 2 is 2.54 bits per heavy atom. The fourth-order valence-corrected chi connectivity index (χ4v) is 0.986. The summed E-state index contributed by atoms with van der Waals surface area (Å²) in [6.07, 6.45) is 1.91. The second-order valence-electron chi connectivity index (χ2n) is 2.53. The van der Waals surface area contributed by atoms with Crippen LogP contribution in [0.3, 0.4) is 0 Å². The van der Waals surface area contributed by atoms with Crippen molar-refractivity contribution in [1.29, 1.82) is 0 Å². The molecular formula is C7H10N4O2. The first-order valence-corrected chi connectivity index (χ1v) is 3.72. The molecule has 0 amide bonds. The fraction of sp³-hybridized carbons (Fsp3) is 0.286. The molecule has 0 unspecified atom stereocenters. The molecular weight excluding hydrogens is 172 g/mol. The van der Waals surface area contributed by atoms with Gasteiger partial charge >= 0.3 is 5.82 Å². The van der Waals surface area contributed by atoms with Crippen LogP contribution < -0.4 is 5.73 Å². The average molecular weight is 182 g/mol. The Bertz CT molecular complexity index is 331. The maximum absolute atomic E-state index is 10.5. The minimum Gasteiger partial charge on any atom is -0.358 e. The third kappa shape index (κ3) is 1.91. The molecule has 0 aliphatic heterocycles. The third-order valence-electron chi connectivity index (χ3n) is 1.63. The highest BCUT2D eigenvalue weighted by molar-refractivity contribution is 5.68. The topological polar surface area (TPSA) is 97.8 Å². The lowest BCUT2D eigenvalue weighted by molar-refractivity contribution is -0.389. The molecule has 0 aliphatic rings. The van der Waals surface area contributed by atoms with Crippen molar-refractivity contribution in [2.24, 2.45) is 5.73 Å². The molecule has 0 fully saturated rings. The first-order chi connectivity index (χ1) is 6.16. The van der Waals surface area contributed by atoms with Gasteiger partial charge in [0.25, 0.3) is 0 Å². The van der Waals surface area contributed by atoms with Gasteiger partial charge in [0, 0.05) is 0 Å². The van der Waals surface area contributed by atoms with E-state index in [1.54, 1.807) is 0 Å². The monoisotopic (exact) mass is 182 g/mol. The Morgan fingerprint density at radius 3 is 3.08 bits per heavy atom. The smallest absolute Gasteiger partial charge is 0.350 e. The van der Waals surface area contributed by atoms with Gasteiger partial charge in [0.1, 0.15) is 0 Å². The number of aromatic nitrogens is 2. The molecule has 0 aliphatic carbocycles. The summed E-state index contributed by atoms with van der Waals surface area (Å²) in [5, 5.41) is 16.3. The van der Waals surface area contributed by atoms with Gasteiger partial charge in [-0.3, -0.25) is 0 Å². The molecule has 0 bridgehead atoms. The molecule has 1 aromatic rings. The van der Waals surface area contributed by atoms with Crippen molar-refractivity contribution in [2.45, 2.75) is 6.42 Å². The van der Waals surface area contributed by atoms with Gasteiger partial charge in [0.2, 0.25) is 0 Å². The van der Waals surface area contributed by atoms with Gasteiger partial charge in [-0.2, -0.15) is 0 Å². The van der Waals surface area contributed by atoms with Gasteiger partial charge in [-0.25, -0.2) is 0 Å². The van der Waals surface area contributed by atoms with Crippen LogP contribution >= 0.6 is 0 Å². The number of H-pyrrole nitrogens is 1. The molecule has 1 rings (SSSR count). The molecule has 0 atom stereocenters. The number of hydrogen-bond donors (Lipinski definition) is 2. The van der Waals surface area contributed by atoms with Crippen LogP contribution in [-0.2, 0) is 0 Å². The van der Waals surface area contributed by atoms with Crippen LogP contribution in [0.2, 0.25) is 0 Å². The molecule has 1 aromatic heterocycles. The highest BCUT2D eigenvalue weighted by atomic mass is 16.6. The molecule has 0 spiro atoms. The lowest BCUT2D eigenvalue weighted by Gasteiger charge is -1.99. The summed E-state index contributed by atoms with van der Waals surface area (Å²) >= 11 is 0. The molecule has 0 saturated heterocycles. The molecule has 13 heavy (non-hydrogen) atoms. The summed E-state index contributed by atoms with van der Waals surface area (Å²) in [6, 6.07) is 0. The van der Waals surface area contributed by atoms with Crippen molar-refractivity contribution in [3.63, 3.8) is 0 Å². The Labute approximate surface area is 74.6 Å². The number of aromatic amines is 1. The molecule has 0 radical (unpaired) electrons. The molecule has 0 aromatic carbocycles. The van der Waals surface area contributed by atoms with Crippen LogP contribution in [0.15, 0.2) is 12.8 Å². The van der Waals surface area contributed by atoms with E-state index in [1.807, 2.05) is 0 Å². The Hall–Kier alpha value is -1.69. The summed E-state index contributed by atoms with van der Waals surface area (Å²) in [6.45, 7) is 4.10. The molecule has 3 N–H and O–H groups in total. The molecule has 6 nitrogen and oxygen atoms in total. The zero-order chi connectivity index (χ0) is 9.84. The summed E-state index contributed by atoms with van der Waals surface area (Å²) in [7, 11) is 0. The van der Waals surface area contributed by atoms with Gasteiger partial charge in [-0.05, 0) is 23.5 Å². The first-order valence-electron chi connectivity index (χ1n) is 3.72. The number of nitrogens with two attached hydrogens (primary N) is 1. The number of nitrogens with zero attached hydrogens (tertiary/aromatic N) is 2. The van der Waals surface area contributed by atoms with Crippen molar-refractivity contribution in [3.8, 4) is 0 Å². The van der Waals surface area contributed by atoms with Crippen LogP contribution in [-0.4, -0.2) is 21.7 Å². The van der Waals surface area contributed by atoms with E-state index in [-0.39, 0.29) is 5.82 Å². The maximum Gasteiger partial charge on any atom is 0.350 e. The van der Waals surface area contributed by atoms with E-state index >= 15 is 0 Å². The van der Waals surface area contributed by atoms with Gasteiger partial charge in [-0.15, -0.1) is 5.10 Å². The van der Waals surface area contributed by atoms with Crippen LogP contribution in [0.5, 0.6) is 0 Å². The standard InChI is InChI=1S/C7H10N4O2/c1-5(2-3-8)6-4-9-10-7(6)11(12)13/h4H,1-3,8H2,(H,9,10). The lowest BCUT2D eigenvalue weighted by Crippen LogP contribution is -2.00. The van der Waals surface area contributed by atoms with E-state index in [4.69, 9.17) is 5.73 Å². The summed E-state index contributed by atoms with van der Waals surface area (Å²) in [5.41, 5.74) is 6.35. The largest absolute Gasteiger partial charge is 0.358 e. The molecule has 70 valence electrons. The van der Waals surface area contributed by atoms with Gasteiger partial charge in [0.05, 0.1) is 11.8 Å². The summed E-state index contributed by atoms with van der Waals surface area (Å²) in [4.78, 5) is 9.93. The summed E-state index contributed by atoms with van der Waals surface area (Å²) < 4.78 is 0. The van der Waals surface area contributed by atoms with E-state index in [9.17, 15) is 10.1 Å².